The van der Waals surface area contributed by atoms with Crippen LogP contribution in [0.15, 0.2) is 88.9 Å². The summed E-state index contributed by atoms with van der Waals surface area (Å²) in [4.78, 5) is 57.6. The maximum absolute atomic E-state index is 15.4. The van der Waals surface area contributed by atoms with E-state index in [2.05, 4.69) is 25.9 Å². The van der Waals surface area contributed by atoms with E-state index in [1.807, 2.05) is 81.6 Å². The van der Waals surface area contributed by atoms with Gasteiger partial charge in [-0.2, -0.15) is 0 Å². The molecule has 0 saturated carbocycles. The molecule has 6 rings (SSSR count). The summed E-state index contributed by atoms with van der Waals surface area (Å²) in [6.07, 6.45) is 3.41. The second-order valence-electron chi connectivity index (χ2n) is 15.5. The molecule has 1 aliphatic heterocycles. The summed E-state index contributed by atoms with van der Waals surface area (Å²) < 4.78 is 29.8. The number of carbonyl (C=O) groups is 3. The highest BCUT2D eigenvalue weighted by atomic mass is 19.1. The highest BCUT2D eigenvalue weighted by Gasteiger charge is 2.27. The van der Waals surface area contributed by atoms with Gasteiger partial charge in [0.25, 0.3) is 0 Å². The number of rotatable bonds is 18. The number of nitrogens with two attached hydrogens (primary N) is 2. The maximum atomic E-state index is 15.4. The molecule has 1 aliphatic rings. The lowest BCUT2D eigenvalue weighted by Gasteiger charge is -2.35. The fourth-order valence-electron chi connectivity index (χ4n) is 7.32. The van der Waals surface area contributed by atoms with Crippen LogP contribution in [0.25, 0.3) is 10.9 Å². The van der Waals surface area contributed by atoms with Crippen molar-refractivity contribution >= 4 is 46.4 Å². The van der Waals surface area contributed by atoms with E-state index in [4.69, 9.17) is 20.9 Å². The Morgan fingerprint density at radius 2 is 1.65 bits per heavy atom. The molecular formula is C44H54FN11O7. The third kappa shape index (κ3) is 11.8. The summed E-state index contributed by atoms with van der Waals surface area (Å²) in [5, 5.41) is 24.7. The number of aromatic nitrogens is 4. The number of alkyl carbamates (subject to hydrolysis) is 1. The van der Waals surface area contributed by atoms with Crippen LogP contribution in [0, 0.1) is 11.7 Å². The van der Waals surface area contributed by atoms with Gasteiger partial charge in [0.2, 0.25) is 5.43 Å². The molecule has 0 aliphatic carbocycles. The Kier molecular flexibility index (Phi) is 15.2. The highest BCUT2D eigenvalue weighted by molar-refractivity contribution is 5.93. The van der Waals surface area contributed by atoms with E-state index < -0.39 is 41.0 Å². The molecule has 2 amide bonds. The van der Waals surface area contributed by atoms with Gasteiger partial charge in [0, 0.05) is 63.1 Å². The summed E-state index contributed by atoms with van der Waals surface area (Å²) in [5.41, 5.74) is 13.7. The number of carbonyl (C=O) groups excluding carboxylic acids is 2. The number of amides is 2. The Labute approximate surface area is 363 Å². The summed E-state index contributed by atoms with van der Waals surface area (Å²) in [7, 11) is 0. The van der Waals surface area contributed by atoms with E-state index in [1.54, 1.807) is 25.1 Å². The molecule has 0 radical (unpaired) electrons. The van der Waals surface area contributed by atoms with Crippen LogP contribution in [-0.4, -0.2) is 93.0 Å². The number of nitrogens with one attached hydrogen (secondary N) is 2. The molecule has 63 heavy (non-hydrogen) atoms. The number of pyridine rings is 1. The van der Waals surface area contributed by atoms with Crippen molar-refractivity contribution in [3.05, 3.63) is 118 Å². The second-order valence-corrected chi connectivity index (χ2v) is 15.5. The minimum absolute atomic E-state index is 0.00281. The summed E-state index contributed by atoms with van der Waals surface area (Å²) >= 11 is 0. The summed E-state index contributed by atoms with van der Waals surface area (Å²) in [5.74, 6) is -2.00. The van der Waals surface area contributed by atoms with Crippen LogP contribution in [0.3, 0.4) is 0 Å². The lowest BCUT2D eigenvalue weighted by Crippen LogP contribution is -2.49. The quantitative estimate of drug-likeness (QED) is 0.0431. The third-order valence-corrected chi connectivity index (χ3v) is 10.8. The van der Waals surface area contributed by atoms with Crippen molar-refractivity contribution in [2.45, 2.75) is 65.5 Å². The molecule has 1 saturated heterocycles. The van der Waals surface area contributed by atoms with Crippen molar-refractivity contribution in [2.75, 3.05) is 49.5 Å². The van der Waals surface area contributed by atoms with Crippen molar-refractivity contribution < 1.29 is 33.4 Å². The third-order valence-electron chi connectivity index (χ3n) is 10.8. The van der Waals surface area contributed by atoms with E-state index in [-0.39, 0.29) is 55.3 Å². The predicted octanol–water partition coefficient (Wildman–Crippen LogP) is 5.24. The van der Waals surface area contributed by atoms with Crippen molar-refractivity contribution in [3.8, 4) is 0 Å². The van der Waals surface area contributed by atoms with Crippen LogP contribution in [-0.2, 0) is 29.2 Å². The number of hydrogen-bond donors (Lipinski definition) is 5. The number of guanidine groups is 1. The molecule has 0 bridgehead atoms. The Bertz CT molecular complexity index is 2450. The van der Waals surface area contributed by atoms with Gasteiger partial charge in [0.1, 0.15) is 30.3 Å². The molecule has 1 fully saturated rings. The lowest BCUT2D eigenvalue weighted by atomic mass is 10.0. The molecule has 3 aromatic carbocycles. The fourth-order valence-corrected chi connectivity index (χ4v) is 7.32. The average molecular weight is 868 g/mol. The van der Waals surface area contributed by atoms with Gasteiger partial charge in [-0.25, -0.2) is 23.5 Å². The van der Waals surface area contributed by atoms with Gasteiger partial charge in [-0.15, -0.1) is 5.10 Å². The number of aromatic carboxylic acids is 1. The van der Waals surface area contributed by atoms with Gasteiger partial charge in [-0.05, 0) is 61.1 Å². The zero-order chi connectivity index (χ0) is 45.0. The van der Waals surface area contributed by atoms with E-state index in [0.29, 0.717) is 56.8 Å². The van der Waals surface area contributed by atoms with Crippen molar-refractivity contribution in [1.29, 1.82) is 0 Å². The number of nitrogens with zero attached hydrogens (tertiary/aromatic N) is 7. The molecular weight excluding hydrogens is 814 g/mol. The summed E-state index contributed by atoms with van der Waals surface area (Å²) in [6, 6.07) is 19.0. The molecule has 5 aromatic rings. The van der Waals surface area contributed by atoms with Gasteiger partial charge in [-0.1, -0.05) is 61.5 Å². The Balaban J connectivity index is 1.01. The van der Waals surface area contributed by atoms with Crippen LogP contribution in [0.2, 0.25) is 0 Å². The Hall–Kier alpha value is -7.18. The zero-order valence-corrected chi connectivity index (χ0v) is 35.6. The normalized spacial score (nSPS) is 13.7. The highest BCUT2D eigenvalue weighted by Crippen LogP contribution is 2.27. The Morgan fingerprint density at radius 3 is 2.32 bits per heavy atom. The fraction of sp³-hybridized carbons (Fsp3) is 0.386. The number of hydrogen-bond acceptors (Lipinski definition) is 11. The second kappa shape index (κ2) is 21.1. The Morgan fingerprint density at radius 1 is 0.952 bits per heavy atom. The number of aryl methyl sites for hydroxylation is 1. The minimum Gasteiger partial charge on any atom is -0.477 e. The number of aliphatic imine (C=N–C) groups is 1. The van der Waals surface area contributed by atoms with Crippen molar-refractivity contribution in [3.63, 3.8) is 0 Å². The number of halogens is 1. The van der Waals surface area contributed by atoms with Crippen LogP contribution in [0.5, 0.6) is 0 Å². The monoisotopic (exact) mass is 867 g/mol. The van der Waals surface area contributed by atoms with Gasteiger partial charge < -0.3 is 51.0 Å². The van der Waals surface area contributed by atoms with Gasteiger partial charge in [-0.3, -0.25) is 9.79 Å². The number of anilines is 2. The first-order valence-corrected chi connectivity index (χ1v) is 20.8. The van der Waals surface area contributed by atoms with E-state index >= 15 is 4.39 Å². The standard InChI is InChI=1S/C44H54FN11O7/c1-4-53-24-34(41(58)59)40(57)33-21-35(45)38(22-37(33)53)54-17-19-55(20-18-54)44(61)63-27-30-12-14-31(15-13-30)49-23-32(11-8-16-48-42(46)47)56-25-36(51-52-56)39(28(2)3)50-43(60)62-26-29-9-6-5-7-10-29/h5-7,9-10,12-15,21-22,24-25,28,32,39,49H,4,8,11,16-20,23,26-27H2,1-3H3,(H,50,60)(H,58,59)(H4,46,47,48)/t32-,39-/m0/s1. The average Bonchev–Trinajstić information content (AvgIpc) is 3.77. The van der Waals surface area contributed by atoms with Gasteiger partial charge in [0.15, 0.2) is 5.96 Å². The van der Waals surface area contributed by atoms with Crippen LogP contribution < -0.4 is 32.4 Å². The number of benzene rings is 3. The molecule has 19 heteroatoms. The topological polar surface area (TPSA) is 238 Å². The number of carboxylic acid groups (broad SMARTS) is 1. The van der Waals surface area contributed by atoms with Gasteiger partial charge >= 0.3 is 18.2 Å². The summed E-state index contributed by atoms with van der Waals surface area (Å²) in [6.45, 7) is 8.49. The zero-order valence-electron chi connectivity index (χ0n) is 35.6. The SMILES string of the molecule is CCn1cc(C(=O)O)c(=O)c2cc(F)c(N3CCN(C(=O)OCc4ccc(NC[C@H](CCCN=C(N)N)n5cc([C@@H](NC(=O)OCc6ccccc6)C(C)C)nn5)cc4)CC3)cc21. The number of carboxylic acids is 1. The molecule has 3 heterocycles. The van der Waals surface area contributed by atoms with Crippen LogP contribution >= 0.6 is 0 Å². The minimum atomic E-state index is -1.37. The van der Waals surface area contributed by atoms with E-state index in [1.165, 1.54) is 6.20 Å². The van der Waals surface area contributed by atoms with E-state index in [9.17, 15) is 24.3 Å². The lowest BCUT2D eigenvalue weighted by molar-refractivity contribution is 0.0694. The first-order valence-electron chi connectivity index (χ1n) is 20.8. The first-order chi connectivity index (χ1) is 30.3. The van der Waals surface area contributed by atoms with E-state index in [0.717, 1.165) is 22.9 Å². The molecule has 2 aromatic heterocycles. The first kappa shape index (κ1) is 45.3. The molecule has 7 N–H and O–H groups in total. The number of fused-ring (bicyclic) bond motifs is 1. The molecule has 18 nitrogen and oxygen atoms in total. The number of ether oxygens (including phenoxy) is 2. The smallest absolute Gasteiger partial charge is 0.410 e. The molecule has 0 unspecified atom stereocenters. The largest absolute Gasteiger partial charge is 0.477 e. The van der Waals surface area contributed by atoms with Crippen LogP contribution in [0.4, 0.5) is 25.4 Å². The maximum Gasteiger partial charge on any atom is 0.410 e. The van der Waals surface area contributed by atoms with Gasteiger partial charge in [0.05, 0.1) is 29.5 Å². The van der Waals surface area contributed by atoms with Crippen molar-refractivity contribution in [2.24, 2.45) is 22.4 Å². The predicted molar refractivity (Wildman–Crippen MR) is 236 cm³/mol. The van der Waals surface area contributed by atoms with Crippen molar-refractivity contribution in [1.82, 2.24) is 29.8 Å². The molecule has 0 spiro atoms. The van der Waals surface area contributed by atoms with Crippen LogP contribution in [0.1, 0.15) is 72.9 Å². The molecule has 2 atom stereocenters. The molecule has 334 valence electrons. The number of piperazine rings is 1.